The molecule has 0 aromatic carbocycles. The van der Waals surface area contributed by atoms with Crippen LogP contribution in [0.25, 0.3) is 0 Å². The molecule has 1 aliphatic heterocycles. The van der Waals surface area contributed by atoms with E-state index >= 15 is 0 Å². The quantitative estimate of drug-likeness (QED) is 0.669. The standard InChI is InChI=1S/C11H22N4O2.ClH/c1-2-3-4-9(14-11(13)17)10(16)15-6-5-8(12)7-15;/h8-9H,2-7,12H2,1H3,(H3,13,14,17);1H/t8-,9?;/m1./s1. The van der Waals surface area contributed by atoms with Crippen molar-refractivity contribution in [3.63, 3.8) is 0 Å². The zero-order valence-corrected chi connectivity index (χ0v) is 11.5. The Hall–Kier alpha value is -1.01. The predicted octanol–water partition coefficient (Wildman–Crippen LogP) is 0.195. The summed E-state index contributed by atoms with van der Waals surface area (Å²) in [5, 5.41) is 2.51. The number of nitrogens with one attached hydrogen (secondary N) is 1. The number of nitrogens with two attached hydrogens (primary N) is 2. The highest BCUT2D eigenvalue weighted by Crippen LogP contribution is 2.11. The third-order valence-corrected chi connectivity index (χ3v) is 3.00. The summed E-state index contributed by atoms with van der Waals surface area (Å²) in [4.78, 5) is 24.7. The highest BCUT2D eigenvalue weighted by molar-refractivity contribution is 5.86. The van der Waals surface area contributed by atoms with Crippen molar-refractivity contribution >= 4 is 24.3 Å². The minimum absolute atomic E-state index is 0. The van der Waals surface area contributed by atoms with E-state index in [-0.39, 0.29) is 24.4 Å². The van der Waals surface area contributed by atoms with Crippen molar-refractivity contribution in [1.29, 1.82) is 0 Å². The topological polar surface area (TPSA) is 101 Å². The van der Waals surface area contributed by atoms with Gasteiger partial charge in [-0.05, 0) is 12.8 Å². The molecular weight excluding hydrogens is 256 g/mol. The maximum absolute atomic E-state index is 12.1. The van der Waals surface area contributed by atoms with Gasteiger partial charge in [0.15, 0.2) is 0 Å². The molecule has 2 atom stereocenters. The lowest BCUT2D eigenvalue weighted by molar-refractivity contribution is -0.132. The minimum atomic E-state index is -0.650. The van der Waals surface area contributed by atoms with Crippen molar-refractivity contribution in [3.05, 3.63) is 0 Å². The molecule has 3 amide bonds. The van der Waals surface area contributed by atoms with Gasteiger partial charge < -0.3 is 21.7 Å². The van der Waals surface area contributed by atoms with Crippen molar-refractivity contribution in [2.45, 2.75) is 44.7 Å². The normalized spacial score (nSPS) is 20.1. The van der Waals surface area contributed by atoms with E-state index in [4.69, 9.17) is 11.5 Å². The first-order chi connectivity index (χ1) is 8.04. The van der Waals surface area contributed by atoms with Crippen LogP contribution in [0.4, 0.5) is 4.79 Å². The van der Waals surface area contributed by atoms with E-state index in [2.05, 4.69) is 5.32 Å². The molecule has 1 fully saturated rings. The fourth-order valence-corrected chi connectivity index (χ4v) is 2.05. The molecule has 106 valence electrons. The van der Waals surface area contributed by atoms with Gasteiger partial charge in [0.2, 0.25) is 5.91 Å². The van der Waals surface area contributed by atoms with Crippen molar-refractivity contribution in [2.75, 3.05) is 13.1 Å². The van der Waals surface area contributed by atoms with Crippen LogP contribution in [0, 0.1) is 0 Å². The zero-order valence-electron chi connectivity index (χ0n) is 10.7. The Morgan fingerprint density at radius 3 is 2.61 bits per heavy atom. The van der Waals surface area contributed by atoms with Crippen LogP contribution in [0.2, 0.25) is 0 Å². The van der Waals surface area contributed by atoms with Crippen LogP contribution in [0.1, 0.15) is 32.6 Å². The SMILES string of the molecule is CCCCC(NC(N)=O)C(=O)N1CC[C@@H](N)C1.Cl. The molecule has 18 heavy (non-hydrogen) atoms. The first-order valence-electron chi connectivity index (χ1n) is 6.15. The number of carbonyl (C=O) groups excluding carboxylic acids is 2. The second kappa shape index (κ2) is 8.16. The van der Waals surface area contributed by atoms with Gasteiger partial charge in [0.1, 0.15) is 6.04 Å². The summed E-state index contributed by atoms with van der Waals surface area (Å²) in [7, 11) is 0. The van der Waals surface area contributed by atoms with E-state index in [1.54, 1.807) is 4.90 Å². The minimum Gasteiger partial charge on any atom is -0.352 e. The lowest BCUT2D eigenvalue weighted by Crippen LogP contribution is -2.49. The van der Waals surface area contributed by atoms with Gasteiger partial charge >= 0.3 is 6.03 Å². The molecule has 0 aromatic rings. The molecule has 1 rings (SSSR count). The molecular formula is C11H23ClN4O2. The highest BCUT2D eigenvalue weighted by atomic mass is 35.5. The number of hydrogen-bond donors (Lipinski definition) is 3. The van der Waals surface area contributed by atoms with E-state index in [0.717, 1.165) is 19.3 Å². The van der Waals surface area contributed by atoms with Crippen LogP contribution in [0.15, 0.2) is 0 Å². The van der Waals surface area contributed by atoms with Crippen LogP contribution < -0.4 is 16.8 Å². The number of unbranched alkanes of at least 4 members (excludes halogenated alkanes) is 1. The van der Waals surface area contributed by atoms with Gasteiger partial charge in [-0.15, -0.1) is 12.4 Å². The van der Waals surface area contributed by atoms with Crippen LogP contribution in [-0.2, 0) is 4.79 Å². The molecule has 0 aromatic heterocycles. The Morgan fingerprint density at radius 2 is 2.17 bits per heavy atom. The first kappa shape index (κ1) is 17.0. The molecule has 1 heterocycles. The number of hydrogen-bond acceptors (Lipinski definition) is 3. The Bertz CT molecular complexity index is 288. The lowest BCUT2D eigenvalue weighted by atomic mass is 10.1. The zero-order chi connectivity index (χ0) is 12.8. The molecule has 0 aliphatic carbocycles. The van der Waals surface area contributed by atoms with Gasteiger partial charge in [-0.25, -0.2) is 4.79 Å². The summed E-state index contributed by atoms with van der Waals surface area (Å²) in [6.45, 7) is 3.28. The second-order valence-electron chi connectivity index (χ2n) is 4.54. The number of halogens is 1. The summed E-state index contributed by atoms with van der Waals surface area (Å²) in [5.41, 5.74) is 10.8. The summed E-state index contributed by atoms with van der Waals surface area (Å²) in [6.07, 6.45) is 3.31. The predicted molar refractivity (Wildman–Crippen MR) is 72.5 cm³/mol. The molecule has 1 aliphatic rings. The van der Waals surface area contributed by atoms with Gasteiger partial charge in [-0.3, -0.25) is 4.79 Å². The summed E-state index contributed by atoms with van der Waals surface area (Å²) < 4.78 is 0. The van der Waals surface area contributed by atoms with Gasteiger partial charge in [0.05, 0.1) is 0 Å². The molecule has 6 nitrogen and oxygen atoms in total. The first-order valence-corrected chi connectivity index (χ1v) is 6.15. The number of carbonyl (C=O) groups is 2. The van der Waals surface area contributed by atoms with E-state index in [1.807, 2.05) is 6.92 Å². The smallest absolute Gasteiger partial charge is 0.312 e. The molecule has 7 heteroatoms. The van der Waals surface area contributed by atoms with Gasteiger partial charge in [-0.2, -0.15) is 0 Å². The fraction of sp³-hybridized carbons (Fsp3) is 0.818. The Labute approximate surface area is 114 Å². The van der Waals surface area contributed by atoms with Crippen molar-refractivity contribution in [1.82, 2.24) is 10.2 Å². The number of urea groups is 1. The maximum atomic E-state index is 12.1. The number of amides is 3. The van der Waals surface area contributed by atoms with Crippen LogP contribution >= 0.6 is 12.4 Å². The molecule has 0 saturated carbocycles. The van der Waals surface area contributed by atoms with E-state index in [9.17, 15) is 9.59 Å². The largest absolute Gasteiger partial charge is 0.352 e. The van der Waals surface area contributed by atoms with Crippen molar-refractivity contribution < 1.29 is 9.59 Å². The number of likely N-dealkylation sites (tertiary alicyclic amines) is 1. The molecule has 1 saturated heterocycles. The van der Waals surface area contributed by atoms with Crippen LogP contribution in [-0.4, -0.2) is 42.0 Å². The third-order valence-electron chi connectivity index (χ3n) is 3.00. The Kier molecular flexibility index (Phi) is 7.70. The summed E-state index contributed by atoms with van der Waals surface area (Å²) in [5.74, 6) is -0.0646. The number of primary amides is 1. The average molecular weight is 279 g/mol. The number of nitrogens with zero attached hydrogens (tertiary/aromatic N) is 1. The maximum Gasteiger partial charge on any atom is 0.312 e. The monoisotopic (exact) mass is 278 g/mol. The van der Waals surface area contributed by atoms with Crippen molar-refractivity contribution in [2.24, 2.45) is 11.5 Å². The van der Waals surface area contributed by atoms with Crippen LogP contribution in [0.3, 0.4) is 0 Å². The fourth-order valence-electron chi connectivity index (χ4n) is 2.05. The molecule has 0 bridgehead atoms. The lowest BCUT2D eigenvalue weighted by Gasteiger charge is -2.23. The van der Waals surface area contributed by atoms with Gasteiger partial charge in [0, 0.05) is 19.1 Å². The molecule has 1 unspecified atom stereocenters. The average Bonchev–Trinajstić information content (AvgIpc) is 2.69. The molecule has 5 N–H and O–H groups in total. The van der Waals surface area contributed by atoms with Crippen LogP contribution in [0.5, 0.6) is 0 Å². The summed E-state index contributed by atoms with van der Waals surface area (Å²) in [6, 6.07) is -1.10. The van der Waals surface area contributed by atoms with Crippen molar-refractivity contribution in [3.8, 4) is 0 Å². The highest BCUT2D eigenvalue weighted by Gasteiger charge is 2.29. The Morgan fingerprint density at radius 1 is 1.50 bits per heavy atom. The molecule has 0 spiro atoms. The Balaban J connectivity index is 0.00000289. The second-order valence-corrected chi connectivity index (χ2v) is 4.54. The van der Waals surface area contributed by atoms with Gasteiger partial charge in [-0.1, -0.05) is 19.8 Å². The number of rotatable bonds is 5. The van der Waals surface area contributed by atoms with E-state index in [0.29, 0.717) is 19.5 Å². The van der Waals surface area contributed by atoms with E-state index in [1.165, 1.54) is 0 Å². The summed E-state index contributed by atoms with van der Waals surface area (Å²) >= 11 is 0. The molecule has 0 radical (unpaired) electrons. The van der Waals surface area contributed by atoms with E-state index < -0.39 is 12.1 Å². The van der Waals surface area contributed by atoms with Gasteiger partial charge in [0.25, 0.3) is 0 Å². The third kappa shape index (κ3) is 5.10.